The number of aromatic nitrogens is 1. The average molecular weight is 465 g/mol. The maximum atomic E-state index is 12.2. The first kappa shape index (κ1) is 24.8. The van der Waals surface area contributed by atoms with Crippen molar-refractivity contribution in [3.63, 3.8) is 0 Å². The number of hydrogen-bond donors (Lipinski definition) is 2. The maximum absolute atomic E-state index is 12.2. The first-order valence-electron chi connectivity index (χ1n) is 11.3. The van der Waals surface area contributed by atoms with Gasteiger partial charge in [-0.3, -0.25) is 14.6 Å². The van der Waals surface area contributed by atoms with Crippen LogP contribution in [0.4, 0.5) is 11.4 Å². The summed E-state index contributed by atoms with van der Waals surface area (Å²) in [6.45, 7) is 8.24. The third kappa shape index (κ3) is 5.39. The molecular weight excluding hydrogens is 432 g/mol. The second-order valence-electron chi connectivity index (χ2n) is 8.22. The molecule has 8 heteroatoms. The van der Waals surface area contributed by atoms with Gasteiger partial charge in [0.15, 0.2) is 11.5 Å². The summed E-state index contributed by atoms with van der Waals surface area (Å²) in [5.74, 6) is 0.391. The second-order valence-corrected chi connectivity index (χ2v) is 8.22. The molecule has 2 amide bonds. The van der Waals surface area contributed by atoms with Crippen LogP contribution < -0.4 is 20.5 Å². The Morgan fingerprint density at radius 1 is 1.18 bits per heavy atom. The van der Waals surface area contributed by atoms with Gasteiger partial charge in [-0.2, -0.15) is 0 Å². The Morgan fingerprint density at radius 3 is 2.53 bits per heavy atom. The topological polar surface area (TPSA) is 107 Å². The molecule has 180 valence electrons. The van der Waals surface area contributed by atoms with Gasteiger partial charge in [-0.1, -0.05) is 25.1 Å². The second kappa shape index (κ2) is 10.9. The number of aryl methyl sites for hydroxylation is 1. The van der Waals surface area contributed by atoms with E-state index in [1.807, 2.05) is 38.1 Å². The number of nitrogens with one attached hydrogen (secondary N) is 1. The van der Waals surface area contributed by atoms with E-state index >= 15 is 0 Å². The van der Waals surface area contributed by atoms with E-state index in [2.05, 4.69) is 17.2 Å². The van der Waals surface area contributed by atoms with E-state index in [0.29, 0.717) is 34.6 Å². The number of fused-ring (bicyclic) bond motifs is 1. The lowest BCUT2D eigenvalue weighted by atomic mass is 10.1. The minimum atomic E-state index is -0.585. The molecule has 0 unspecified atom stereocenters. The van der Waals surface area contributed by atoms with Crippen molar-refractivity contribution in [2.75, 3.05) is 25.6 Å². The van der Waals surface area contributed by atoms with Crippen molar-refractivity contribution < 1.29 is 19.1 Å². The van der Waals surface area contributed by atoms with E-state index in [1.54, 1.807) is 31.1 Å². The summed E-state index contributed by atoms with van der Waals surface area (Å²) in [4.78, 5) is 30.3. The standard InChI is InChI=1S/C26H32N4O4/c1-6-18-9-7-8-10-21(18)29-25-19-13-24(34-12-11-30(16(2)3)17(4)31)23(33-5)14-22(19)28-15-20(25)26(27)32/h7-10,13-16H,6,11-12H2,1-5H3,(H2,27,32)(H,28,29). The van der Waals surface area contributed by atoms with Crippen LogP contribution in [0.2, 0.25) is 0 Å². The van der Waals surface area contributed by atoms with Crippen LogP contribution in [0, 0.1) is 0 Å². The van der Waals surface area contributed by atoms with Crippen LogP contribution >= 0.6 is 0 Å². The zero-order valence-electron chi connectivity index (χ0n) is 20.3. The quantitative estimate of drug-likeness (QED) is 0.464. The molecule has 3 N–H and O–H groups in total. The van der Waals surface area contributed by atoms with Gasteiger partial charge in [-0.05, 0) is 38.0 Å². The molecule has 0 atom stereocenters. The SMILES string of the molecule is CCc1ccccc1Nc1c(C(N)=O)cnc2cc(OC)c(OCCN(C(C)=O)C(C)C)cc12. The molecule has 0 aliphatic carbocycles. The van der Waals surface area contributed by atoms with E-state index in [-0.39, 0.29) is 24.1 Å². The van der Waals surface area contributed by atoms with Crippen LogP contribution in [-0.2, 0) is 11.2 Å². The fraction of sp³-hybridized carbons (Fsp3) is 0.346. The number of methoxy groups -OCH3 is 1. The molecule has 0 spiro atoms. The minimum Gasteiger partial charge on any atom is -0.493 e. The van der Waals surface area contributed by atoms with Crippen molar-refractivity contribution in [3.8, 4) is 11.5 Å². The van der Waals surface area contributed by atoms with Gasteiger partial charge in [0.05, 0.1) is 30.4 Å². The third-order valence-corrected chi connectivity index (χ3v) is 5.69. The molecule has 0 saturated carbocycles. The Morgan fingerprint density at radius 2 is 1.91 bits per heavy atom. The smallest absolute Gasteiger partial charge is 0.252 e. The van der Waals surface area contributed by atoms with Gasteiger partial charge < -0.3 is 25.4 Å². The number of carbonyl (C=O) groups is 2. The largest absolute Gasteiger partial charge is 0.493 e. The molecule has 0 fully saturated rings. The number of anilines is 2. The molecule has 3 aromatic rings. The first-order chi connectivity index (χ1) is 16.3. The molecule has 0 radical (unpaired) electrons. The van der Waals surface area contributed by atoms with Crippen LogP contribution in [0.5, 0.6) is 11.5 Å². The number of pyridine rings is 1. The zero-order valence-corrected chi connectivity index (χ0v) is 20.3. The first-order valence-corrected chi connectivity index (χ1v) is 11.3. The van der Waals surface area contributed by atoms with Crippen LogP contribution in [0.15, 0.2) is 42.6 Å². The number of para-hydroxylation sites is 1. The molecule has 3 rings (SSSR count). The van der Waals surface area contributed by atoms with E-state index < -0.39 is 5.91 Å². The zero-order chi connectivity index (χ0) is 24.8. The fourth-order valence-corrected chi connectivity index (χ4v) is 3.91. The minimum absolute atomic E-state index is 0.0135. The number of amides is 2. The van der Waals surface area contributed by atoms with Crippen molar-refractivity contribution >= 4 is 34.1 Å². The number of nitrogens with two attached hydrogens (primary N) is 1. The Bertz CT molecular complexity index is 1190. The van der Waals surface area contributed by atoms with Gasteiger partial charge in [0.1, 0.15) is 6.61 Å². The van der Waals surface area contributed by atoms with Gasteiger partial charge in [0, 0.05) is 36.3 Å². The lowest BCUT2D eigenvalue weighted by Crippen LogP contribution is -2.38. The molecule has 0 aliphatic rings. The van der Waals surface area contributed by atoms with E-state index in [9.17, 15) is 9.59 Å². The molecule has 0 bridgehead atoms. The fourth-order valence-electron chi connectivity index (χ4n) is 3.91. The summed E-state index contributed by atoms with van der Waals surface area (Å²) in [6, 6.07) is 11.5. The highest BCUT2D eigenvalue weighted by Gasteiger charge is 2.18. The predicted molar refractivity (Wildman–Crippen MR) is 134 cm³/mol. The van der Waals surface area contributed by atoms with E-state index in [4.69, 9.17) is 15.2 Å². The molecule has 1 heterocycles. The van der Waals surface area contributed by atoms with Crippen molar-refractivity contribution in [2.45, 2.75) is 40.2 Å². The number of rotatable bonds is 10. The van der Waals surface area contributed by atoms with Crippen LogP contribution in [-0.4, -0.2) is 48.0 Å². The Hall–Kier alpha value is -3.81. The average Bonchev–Trinajstić information content (AvgIpc) is 2.81. The highest BCUT2D eigenvalue weighted by molar-refractivity contribution is 6.08. The molecule has 8 nitrogen and oxygen atoms in total. The Balaban J connectivity index is 2.05. The summed E-state index contributed by atoms with van der Waals surface area (Å²) in [7, 11) is 1.55. The number of hydrogen-bond acceptors (Lipinski definition) is 6. The summed E-state index contributed by atoms with van der Waals surface area (Å²) in [5, 5.41) is 4.07. The maximum Gasteiger partial charge on any atom is 0.252 e. The highest BCUT2D eigenvalue weighted by Crippen LogP contribution is 2.37. The van der Waals surface area contributed by atoms with Crippen LogP contribution in [0.1, 0.15) is 43.6 Å². The number of nitrogens with zero attached hydrogens (tertiary/aromatic N) is 2. The van der Waals surface area contributed by atoms with Crippen LogP contribution in [0.3, 0.4) is 0 Å². The van der Waals surface area contributed by atoms with Gasteiger partial charge >= 0.3 is 0 Å². The summed E-state index contributed by atoms with van der Waals surface area (Å²) >= 11 is 0. The third-order valence-electron chi connectivity index (χ3n) is 5.69. The van der Waals surface area contributed by atoms with Gasteiger partial charge in [-0.25, -0.2) is 0 Å². The van der Waals surface area contributed by atoms with Gasteiger partial charge in [-0.15, -0.1) is 0 Å². The highest BCUT2D eigenvalue weighted by atomic mass is 16.5. The van der Waals surface area contributed by atoms with E-state index in [1.165, 1.54) is 6.20 Å². The van der Waals surface area contributed by atoms with Crippen molar-refractivity contribution in [3.05, 3.63) is 53.7 Å². The lowest BCUT2D eigenvalue weighted by Gasteiger charge is -2.25. The van der Waals surface area contributed by atoms with Gasteiger partial charge in [0.25, 0.3) is 5.91 Å². The van der Waals surface area contributed by atoms with Gasteiger partial charge in [0.2, 0.25) is 5.91 Å². The molecule has 1 aromatic heterocycles. The van der Waals surface area contributed by atoms with Crippen molar-refractivity contribution in [2.24, 2.45) is 5.73 Å². The molecule has 2 aromatic carbocycles. The number of carbonyl (C=O) groups excluding carboxylic acids is 2. The predicted octanol–water partition coefficient (Wildman–Crippen LogP) is 4.28. The van der Waals surface area contributed by atoms with Crippen molar-refractivity contribution in [1.82, 2.24) is 9.88 Å². The van der Waals surface area contributed by atoms with Crippen LogP contribution in [0.25, 0.3) is 10.9 Å². The lowest BCUT2D eigenvalue weighted by molar-refractivity contribution is -0.130. The number of primary amides is 1. The monoisotopic (exact) mass is 464 g/mol. The normalized spacial score (nSPS) is 10.9. The number of ether oxygens (including phenoxy) is 2. The number of benzene rings is 2. The molecular formula is C26H32N4O4. The molecule has 0 aliphatic heterocycles. The summed E-state index contributed by atoms with van der Waals surface area (Å²) < 4.78 is 11.5. The van der Waals surface area contributed by atoms with Crippen molar-refractivity contribution in [1.29, 1.82) is 0 Å². The summed E-state index contributed by atoms with van der Waals surface area (Å²) in [5.41, 5.74) is 9.12. The Kier molecular flexibility index (Phi) is 7.94. The van der Waals surface area contributed by atoms with E-state index in [0.717, 1.165) is 17.7 Å². The molecule has 34 heavy (non-hydrogen) atoms. The molecule has 0 saturated heterocycles. The summed E-state index contributed by atoms with van der Waals surface area (Å²) in [6.07, 6.45) is 2.29. The Labute approximate surface area is 200 Å².